The second-order valence-corrected chi connectivity index (χ2v) is 9.01. The van der Waals surface area contributed by atoms with Gasteiger partial charge in [0.15, 0.2) is 0 Å². The molecule has 4 nitrogen and oxygen atoms in total. The summed E-state index contributed by atoms with van der Waals surface area (Å²) in [7, 11) is 0. The molecule has 128 valence electrons. The number of rotatable bonds is 7. The second-order valence-electron chi connectivity index (χ2n) is 9.01. The van der Waals surface area contributed by atoms with Gasteiger partial charge in [0.2, 0.25) is 0 Å². The molecule has 3 unspecified atom stereocenters. The third kappa shape index (κ3) is 3.08. The highest BCUT2D eigenvalue weighted by Gasteiger charge is 2.61. The van der Waals surface area contributed by atoms with E-state index < -0.39 is 0 Å². The van der Waals surface area contributed by atoms with E-state index >= 15 is 0 Å². The first-order chi connectivity index (χ1) is 10.3. The maximum Gasteiger partial charge on any atom is 0.108 e. The first-order valence-corrected chi connectivity index (χ1v) is 8.95. The van der Waals surface area contributed by atoms with E-state index in [9.17, 15) is 10.2 Å². The summed E-state index contributed by atoms with van der Waals surface area (Å²) in [5.74, 6) is 0.822. The number of hydrogen-bond donors (Lipinski definition) is 2. The minimum absolute atomic E-state index is 0.0193. The highest BCUT2D eigenvalue weighted by Crippen LogP contribution is 2.67. The highest BCUT2D eigenvalue weighted by atomic mass is 16.5. The Morgan fingerprint density at radius 2 is 1.55 bits per heavy atom. The van der Waals surface area contributed by atoms with Gasteiger partial charge in [-0.15, -0.1) is 0 Å². The molecule has 4 heteroatoms. The van der Waals surface area contributed by atoms with Crippen LogP contribution in [0.25, 0.3) is 0 Å². The van der Waals surface area contributed by atoms with Crippen molar-refractivity contribution in [2.75, 3.05) is 26.3 Å². The fourth-order valence-corrected chi connectivity index (χ4v) is 6.64. The van der Waals surface area contributed by atoms with Gasteiger partial charge in [0.25, 0.3) is 0 Å². The lowest BCUT2D eigenvalue weighted by molar-refractivity contribution is -0.251. The molecule has 0 amide bonds. The molecule has 0 heterocycles. The molecule has 4 aliphatic carbocycles. The summed E-state index contributed by atoms with van der Waals surface area (Å²) in [6, 6.07) is 0. The molecule has 4 saturated carbocycles. The minimum Gasteiger partial charge on any atom is -0.395 e. The zero-order valence-corrected chi connectivity index (χ0v) is 14.5. The van der Waals surface area contributed by atoms with E-state index in [4.69, 9.17) is 4.74 Å². The van der Waals surface area contributed by atoms with Crippen LogP contribution in [0.1, 0.15) is 59.3 Å². The van der Waals surface area contributed by atoms with Gasteiger partial charge in [-0.25, -0.2) is 0 Å². The van der Waals surface area contributed by atoms with Gasteiger partial charge in [-0.1, -0.05) is 13.8 Å². The number of ether oxygens (including phenoxy) is 1. The lowest BCUT2D eigenvalue weighted by atomic mass is 9.43. The van der Waals surface area contributed by atoms with E-state index in [1.165, 1.54) is 38.5 Å². The van der Waals surface area contributed by atoms with Gasteiger partial charge in [-0.2, -0.15) is 0 Å². The molecular formula is C18H33NO3. The van der Waals surface area contributed by atoms with Crippen LogP contribution < -0.4 is 0 Å². The molecule has 0 aromatic heterocycles. The van der Waals surface area contributed by atoms with Crippen molar-refractivity contribution >= 4 is 0 Å². The average Bonchev–Trinajstić information content (AvgIpc) is 2.33. The van der Waals surface area contributed by atoms with E-state index in [-0.39, 0.29) is 25.0 Å². The van der Waals surface area contributed by atoms with Gasteiger partial charge in [-0.05, 0) is 62.2 Å². The van der Waals surface area contributed by atoms with Gasteiger partial charge >= 0.3 is 0 Å². The average molecular weight is 311 g/mol. The number of aliphatic hydroxyl groups excluding tert-OH is 2. The van der Waals surface area contributed by atoms with Crippen LogP contribution in [0, 0.1) is 16.7 Å². The van der Waals surface area contributed by atoms with E-state index in [1.807, 2.05) is 0 Å². The third-order valence-electron chi connectivity index (χ3n) is 6.28. The summed E-state index contributed by atoms with van der Waals surface area (Å²) in [4.78, 5) is 2.06. The molecule has 0 spiro atoms. The van der Waals surface area contributed by atoms with E-state index in [0.717, 1.165) is 5.92 Å². The lowest BCUT2D eigenvalue weighted by Crippen LogP contribution is -2.61. The molecule has 4 fully saturated rings. The Bertz CT molecular complexity index is 389. The molecule has 3 atom stereocenters. The fourth-order valence-electron chi connectivity index (χ4n) is 6.64. The summed E-state index contributed by atoms with van der Waals surface area (Å²) < 4.78 is 6.65. The SMILES string of the molecule is CC(OC12CC3CC(C)(CC(C)(C3)C1)C2)N(CCO)CCO. The van der Waals surface area contributed by atoms with Crippen LogP contribution >= 0.6 is 0 Å². The maximum absolute atomic E-state index is 9.24. The molecule has 0 aliphatic heterocycles. The molecule has 0 radical (unpaired) electrons. The molecule has 4 rings (SSSR count). The Balaban J connectivity index is 1.73. The van der Waals surface area contributed by atoms with E-state index in [1.54, 1.807) is 0 Å². The van der Waals surface area contributed by atoms with Crippen LogP contribution in [0.3, 0.4) is 0 Å². The van der Waals surface area contributed by atoms with Gasteiger partial charge in [-0.3, -0.25) is 4.90 Å². The van der Waals surface area contributed by atoms with Crippen LogP contribution in [-0.4, -0.2) is 53.2 Å². The molecule has 22 heavy (non-hydrogen) atoms. The van der Waals surface area contributed by atoms with Crippen molar-refractivity contribution in [2.45, 2.75) is 71.1 Å². The summed E-state index contributed by atoms with van der Waals surface area (Å²) in [6.07, 6.45) is 7.63. The topological polar surface area (TPSA) is 52.9 Å². The van der Waals surface area contributed by atoms with Gasteiger partial charge < -0.3 is 14.9 Å². The number of aliphatic hydroxyl groups is 2. The van der Waals surface area contributed by atoms with Crippen LogP contribution in [0.2, 0.25) is 0 Å². The van der Waals surface area contributed by atoms with Crippen LogP contribution in [0.15, 0.2) is 0 Å². The molecule has 0 aromatic rings. The predicted molar refractivity (Wildman–Crippen MR) is 86.4 cm³/mol. The Labute approximate surface area is 134 Å². The predicted octanol–water partition coefficient (Wildman–Crippen LogP) is 2.38. The van der Waals surface area contributed by atoms with Crippen molar-refractivity contribution < 1.29 is 14.9 Å². The molecule has 0 saturated heterocycles. The Morgan fingerprint density at radius 1 is 1.00 bits per heavy atom. The first-order valence-electron chi connectivity index (χ1n) is 8.95. The largest absolute Gasteiger partial charge is 0.395 e. The van der Waals surface area contributed by atoms with Crippen LogP contribution in [0.4, 0.5) is 0 Å². The van der Waals surface area contributed by atoms with E-state index in [2.05, 4.69) is 25.7 Å². The first kappa shape index (κ1) is 16.7. The van der Waals surface area contributed by atoms with Crippen LogP contribution in [-0.2, 0) is 4.74 Å². The molecule has 4 bridgehead atoms. The second kappa shape index (κ2) is 5.73. The summed E-state index contributed by atoms with van der Waals surface area (Å²) in [5, 5.41) is 18.5. The zero-order valence-electron chi connectivity index (χ0n) is 14.5. The van der Waals surface area contributed by atoms with Crippen molar-refractivity contribution in [1.82, 2.24) is 4.90 Å². The smallest absolute Gasteiger partial charge is 0.108 e. The number of nitrogens with zero attached hydrogens (tertiary/aromatic N) is 1. The maximum atomic E-state index is 9.24. The Kier molecular flexibility index (Phi) is 4.35. The summed E-state index contributed by atoms with van der Waals surface area (Å²) in [5.41, 5.74) is 0.921. The standard InChI is InChI=1S/C18H33NO3/c1-14(19(4-6-20)5-7-21)22-18-10-15-8-16(2,12-18)11-17(3,9-15)13-18/h14-15,20-21H,4-13H2,1-3H3. The Hall–Kier alpha value is -0.160. The quantitative estimate of drug-likeness (QED) is 0.709. The fraction of sp³-hybridized carbons (Fsp3) is 1.00. The summed E-state index contributed by atoms with van der Waals surface area (Å²) >= 11 is 0. The summed E-state index contributed by atoms with van der Waals surface area (Å²) in [6.45, 7) is 8.34. The highest BCUT2D eigenvalue weighted by molar-refractivity contribution is 5.12. The molecule has 4 aliphatic rings. The minimum atomic E-state index is -0.0391. The Morgan fingerprint density at radius 3 is 2.00 bits per heavy atom. The van der Waals surface area contributed by atoms with Crippen molar-refractivity contribution in [3.63, 3.8) is 0 Å². The van der Waals surface area contributed by atoms with Gasteiger partial charge in [0.1, 0.15) is 6.23 Å². The third-order valence-corrected chi connectivity index (χ3v) is 6.28. The van der Waals surface area contributed by atoms with Gasteiger partial charge in [0, 0.05) is 13.1 Å². The van der Waals surface area contributed by atoms with Crippen molar-refractivity contribution in [3.05, 3.63) is 0 Å². The van der Waals surface area contributed by atoms with Crippen molar-refractivity contribution in [1.29, 1.82) is 0 Å². The number of hydrogen-bond acceptors (Lipinski definition) is 4. The van der Waals surface area contributed by atoms with Crippen molar-refractivity contribution in [2.24, 2.45) is 16.7 Å². The molecule has 2 N–H and O–H groups in total. The molecule has 0 aromatic carbocycles. The normalized spacial score (nSPS) is 44.7. The zero-order chi connectivity index (χ0) is 16.0. The monoisotopic (exact) mass is 311 g/mol. The van der Waals surface area contributed by atoms with Gasteiger partial charge in [0.05, 0.1) is 18.8 Å². The van der Waals surface area contributed by atoms with Crippen molar-refractivity contribution in [3.8, 4) is 0 Å². The van der Waals surface area contributed by atoms with E-state index in [0.29, 0.717) is 23.9 Å². The molecular weight excluding hydrogens is 278 g/mol. The lowest BCUT2D eigenvalue weighted by Gasteiger charge is -2.65. The van der Waals surface area contributed by atoms with Crippen LogP contribution in [0.5, 0.6) is 0 Å².